The van der Waals surface area contributed by atoms with E-state index in [1.54, 1.807) is 0 Å². The third-order valence-electron chi connectivity index (χ3n) is 1.85. The lowest BCUT2D eigenvalue weighted by atomic mass is 10.5. The van der Waals surface area contributed by atoms with Crippen LogP contribution in [0.5, 0.6) is 0 Å². The van der Waals surface area contributed by atoms with E-state index in [0.29, 0.717) is 8.81 Å². The first-order valence-corrected chi connectivity index (χ1v) is 7.95. The zero-order valence-electron chi connectivity index (χ0n) is 8.52. The zero-order chi connectivity index (χ0) is 13.3. The van der Waals surface area contributed by atoms with Crippen LogP contribution in [0, 0.1) is 5.82 Å². The van der Waals surface area contributed by atoms with Crippen LogP contribution in [-0.4, -0.2) is 13.4 Å². The van der Waals surface area contributed by atoms with E-state index < -0.39 is 15.8 Å². The van der Waals surface area contributed by atoms with E-state index in [2.05, 4.69) is 25.6 Å². The highest BCUT2D eigenvalue weighted by atomic mass is 79.9. The van der Waals surface area contributed by atoms with Crippen LogP contribution in [0.3, 0.4) is 0 Å². The molecule has 0 bridgehead atoms. The Morgan fingerprint density at radius 2 is 2.17 bits per heavy atom. The molecule has 0 amide bonds. The fourth-order valence-electron chi connectivity index (χ4n) is 1.08. The van der Waals surface area contributed by atoms with E-state index >= 15 is 0 Å². The summed E-state index contributed by atoms with van der Waals surface area (Å²) in [4.78, 5) is 3.61. The summed E-state index contributed by atoms with van der Waals surface area (Å²) in [5.74, 6) is -0.503. The molecule has 9 heteroatoms. The minimum Gasteiger partial charge on any atom is -0.263 e. The first-order valence-electron chi connectivity index (χ1n) is 4.48. The van der Waals surface area contributed by atoms with Crippen LogP contribution >= 0.6 is 38.9 Å². The number of rotatable bonds is 3. The highest BCUT2D eigenvalue weighted by Crippen LogP contribution is 2.35. The molecule has 0 saturated carbocycles. The molecule has 2 aromatic heterocycles. The van der Waals surface area contributed by atoms with Crippen molar-refractivity contribution in [1.29, 1.82) is 0 Å². The Kier molecular flexibility index (Phi) is 3.90. The summed E-state index contributed by atoms with van der Waals surface area (Å²) in [5.41, 5.74) is 0. The van der Waals surface area contributed by atoms with E-state index in [4.69, 9.17) is 11.6 Å². The molecule has 4 nitrogen and oxygen atoms in total. The third kappa shape index (κ3) is 3.00. The molecule has 2 aromatic rings. The van der Waals surface area contributed by atoms with E-state index in [-0.39, 0.29) is 10.0 Å². The van der Waals surface area contributed by atoms with Gasteiger partial charge in [-0.05, 0) is 34.1 Å². The van der Waals surface area contributed by atoms with Gasteiger partial charge in [0.1, 0.15) is 15.8 Å². The Morgan fingerprint density at radius 3 is 2.67 bits per heavy atom. The highest BCUT2D eigenvalue weighted by molar-refractivity contribution is 9.11. The van der Waals surface area contributed by atoms with Gasteiger partial charge in [0.25, 0.3) is 10.0 Å². The van der Waals surface area contributed by atoms with Crippen molar-refractivity contribution in [3.63, 3.8) is 0 Å². The maximum absolute atomic E-state index is 12.6. The largest absolute Gasteiger partial charge is 0.272 e. The van der Waals surface area contributed by atoms with Gasteiger partial charge in [-0.25, -0.2) is 17.8 Å². The molecule has 2 rings (SSSR count). The molecule has 0 radical (unpaired) electrons. The molecule has 0 aliphatic carbocycles. The molecule has 0 saturated heterocycles. The molecular weight excluding hydrogens is 367 g/mol. The first-order chi connectivity index (χ1) is 8.38. The normalized spacial score (nSPS) is 11.5. The van der Waals surface area contributed by atoms with Crippen LogP contribution in [0.25, 0.3) is 0 Å². The van der Waals surface area contributed by atoms with E-state index in [9.17, 15) is 12.8 Å². The lowest BCUT2D eigenvalue weighted by Gasteiger charge is -2.04. The van der Waals surface area contributed by atoms with Crippen molar-refractivity contribution in [2.24, 2.45) is 0 Å². The Hall–Kier alpha value is -0.700. The van der Waals surface area contributed by atoms with Gasteiger partial charge in [0.15, 0.2) is 0 Å². The van der Waals surface area contributed by atoms with Gasteiger partial charge in [-0.1, -0.05) is 11.6 Å². The second-order valence-corrected chi connectivity index (χ2v) is 7.84. The Bertz CT molecular complexity index is 653. The summed E-state index contributed by atoms with van der Waals surface area (Å²) >= 11 is 9.87. The number of nitrogens with one attached hydrogen (secondary N) is 1. The van der Waals surface area contributed by atoms with Crippen LogP contribution in [0.2, 0.25) is 5.02 Å². The Morgan fingerprint density at radius 1 is 1.44 bits per heavy atom. The van der Waals surface area contributed by atoms with Gasteiger partial charge in [-0.2, -0.15) is 0 Å². The molecule has 96 valence electrons. The van der Waals surface area contributed by atoms with Crippen molar-refractivity contribution in [3.8, 4) is 0 Å². The quantitative estimate of drug-likeness (QED) is 0.898. The molecule has 0 atom stereocenters. The van der Waals surface area contributed by atoms with Crippen LogP contribution in [0.4, 0.5) is 10.2 Å². The number of aromatic nitrogens is 1. The van der Waals surface area contributed by atoms with Gasteiger partial charge in [-0.3, -0.25) is 4.72 Å². The van der Waals surface area contributed by atoms with E-state index in [1.807, 2.05) is 0 Å². The second kappa shape index (κ2) is 5.12. The number of sulfonamides is 1. The monoisotopic (exact) mass is 370 g/mol. The highest BCUT2D eigenvalue weighted by Gasteiger charge is 2.19. The smallest absolute Gasteiger partial charge is 0.263 e. The number of thiophene rings is 1. The number of hydrogen-bond donors (Lipinski definition) is 1. The van der Waals surface area contributed by atoms with Crippen molar-refractivity contribution in [3.05, 3.63) is 39.0 Å². The average molecular weight is 372 g/mol. The maximum atomic E-state index is 12.6. The van der Waals surface area contributed by atoms with Crippen LogP contribution < -0.4 is 4.72 Å². The van der Waals surface area contributed by atoms with Crippen molar-refractivity contribution < 1.29 is 12.8 Å². The summed E-state index contributed by atoms with van der Waals surface area (Å²) in [5, 5.41) is 0.312. The summed E-state index contributed by atoms with van der Waals surface area (Å²) < 4.78 is 39.3. The molecule has 0 spiro atoms. The van der Waals surface area contributed by atoms with Gasteiger partial charge in [-0.15, -0.1) is 11.3 Å². The van der Waals surface area contributed by atoms with Crippen molar-refractivity contribution in [1.82, 2.24) is 4.98 Å². The van der Waals surface area contributed by atoms with Crippen LogP contribution in [0.15, 0.2) is 32.4 Å². The summed E-state index contributed by atoms with van der Waals surface area (Å²) in [7, 11) is -3.76. The van der Waals surface area contributed by atoms with Gasteiger partial charge < -0.3 is 0 Å². The molecule has 0 aliphatic rings. The standard InChI is InChI=1S/C9H5BrClFN2O2S2/c10-9-6(11)3-8(17-9)18(15,16)14-7-2-1-5(12)4-13-7/h1-4H,(H,13,14). The van der Waals surface area contributed by atoms with Crippen molar-refractivity contribution >= 4 is 54.7 Å². The number of anilines is 1. The van der Waals surface area contributed by atoms with E-state index in [1.165, 1.54) is 12.1 Å². The minimum absolute atomic E-state index is 0.0389. The number of halogens is 3. The first kappa shape index (κ1) is 13.7. The molecule has 0 aliphatic heterocycles. The SMILES string of the molecule is O=S(=O)(Nc1ccc(F)cn1)c1cc(Cl)c(Br)s1. The molecule has 0 fully saturated rings. The fraction of sp³-hybridized carbons (Fsp3) is 0. The maximum Gasteiger partial charge on any atom is 0.272 e. The summed E-state index contributed by atoms with van der Waals surface area (Å²) in [6, 6.07) is 3.67. The van der Waals surface area contributed by atoms with Crippen molar-refractivity contribution in [2.45, 2.75) is 4.21 Å². The third-order valence-corrected chi connectivity index (χ3v) is 6.16. The average Bonchev–Trinajstić information content (AvgIpc) is 2.63. The lowest BCUT2D eigenvalue weighted by Crippen LogP contribution is -2.12. The summed E-state index contributed by atoms with van der Waals surface area (Å²) in [6.07, 6.45) is 0.926. The van der Waals surface area contributed by atoms with Gasteiger partial charge in [0.05, 0.1) is 15.0 Å². The molecule has 1 N–H and O–H groups in total. The predicted molar refractivity (Wildman–Crippen MR) is 72.0 cm³/mol. The fourth-order valence-corrected chi connectivity index (χ4v) is 4.49. The second-order valence-electron chi connectivity index (χ2n) is 3.15. The molecule has 0 aromatic carbocycles. The molecule has 18 heavy (non-hydrogen) atoms. The van der Waals surface area contributed by atoms with Crippen LogP contribution in [0.1, 0.15) is 0 Å². The minimum atomic E-state index is -3.76. The zero-order valence-corrected chi connectivity index (χ0v) is 12.5. The van der Waals surface area contributed by atoms with Gasteiger partial charge >= 0.3 is 0 Å². The Balaban J connectivity index is 2.29. The summed E-state index contributed by atoms with van der Waals surface area (Å²) in [6.45, 7) is 0. The topological polar surface area (TPSA) is 59.1 Å². The lowest BCUT2D eigenvalue weighted by molar-refractivity contribution is 0.602. The molecule has 2 heterocycles. The Labute approximate surface area is 120 Å². The number of hydrogen-bond acceptors (Lipinski definition) is 4. The van der Waals surface area contributed by atoms with E-state index in [0.717, 1.165) is 23.6 Å². The van der Waals surface area contributed by atoms with Crippen molar-refractivity contribution in [2.75, 3.05) is 4.72 Å². The van der Waals surface area contributed by atoms with Gasteiger partial charge in [0, 0.05) is 0 Å². The van der Waals surface area contributed by atoms with Gasteiger partial charge in [0.2, 0.25) is 0 Å². The predicted octanol–water partition coefficient (Wildman–Crippen LogP) is 3.50. The number of nitrogens with zero attached hydrogens (tertiary/aromatic N) is 1. The molecule has 0 unspecified atom stereocenters. The van der Waals surface area contributed by atoms with Crippen LogP contribution in [-0.2, 0) is 10.0 Å². The number of pyridine rings is 1. The molecular formula is C9H5BrClFN2O2S2.